The largest absolute Gasteiger partial charge is 0.495 e. The van der Waals surface area contributed by atoms with E-state index in [2.05, 4.69) is 10.6 Å². The number of para-hydroxylation sites is 2. The molecule has 1 aromatic rings. The van der Waals surface area contributed by atoms with Gasteiger partial charge in [-0.2, -0.15) is 0 Å². The topological polar surface area (TPSA) is 84.5 Å². The van der Waals surface area contributed by atoms with E-state index in [9.17, 15) is 14.4 Å². The highest BCUT2D eigenvalue weighted by Crippen LogP contribution is 2.27. The number of thioether (sulfide) groups is 1. The zero-order valence-electron chi connectivity index (χ0n) is 12.4. The second-order valence-corrected chi connectivity index (χ2v) is 6.37. The van der Waals surface area contributed by atoms with Crippen LogP contribution in [0.4, 0.5) is 5.69 Å². The summed E-state index contributed by atoms with van der Waals surface area (Å²) in [6.45, 7) is 1.29. The molecule has 0 unspecified atom stereocenters. The zero-order chi connectivity index (χ0) is 17.0. The van der Waals surface area contributed by atoms with E-state index >= 15 is 0 Å². The first-order valence-electron chi connectivity index (χ1n) is 6.61. The van der Waals surface area contributed by atoms with Gasteiger partial charge in [-0.15, -0.1) is 0 Å². The first kappa shape index (κ1) is 17.2. The third-order valence-electron chi connectivity index (χ3n) is 3.05. The molecule has 23 heavy (non-hydrogen) atoms. The van der Waals surface area contributed by atoms with E-state index in [1.54, 1.807) is 24.3 Å². The summed E-state index contributed by atoms with van der Waals surface area (Å²) in [4.78, 5) is 36.1. The molecule has 0 aliphatic carbocycles. The van der Waals surface area contributed by atoms with Crippen LogP contribution >= 0.6 is 24.0 Å². The van der Waals surface area contributed by atoms with Crippen molar-refractivity contribution in [3.05, 3.63) is 35.2 Å². The average molecular weight is 350 g/mol. The van der Waals surface area contributed by atoms with Crippen LogP contribution in [-0.4, -0.2) is 29.0 Å². The number of amides is 2. The minimum absolute atomic E-state index is 0.241. The van der Waals surface area contributed by atoms with Crippen LogP contribution in [0.3, 0.4) is 0 Å². The molecule has 1 aliphatic rings. The Labute approximate surface area is 142 Å². The Balaban J connectivity index is 2.23. The number of benzene rings is 1. The summed E-state index contributed by atoms with van der Waals surface area (Å²) < 4.78 is 5.45. The maximum absolute atomic E-state index is 12.4. The van der Waals surface area contributed by atoms with Crippen molar-refractivity contribution < 1.29 is 19.1 Å². The first-order valence-corrected chi connectivity index (χ1v) is 7.84. The monoisotopic (exact) mass is 350 g/mol. The highest BCUT2D eigenvalue weighted by Gasteiger charge is 2.28. The number of nitrogens with one attached hydrogen (secondary N) is 2. The van der Waals surface area contributed by atoms with Crippen molar-refractivity contribution in [1.82, 2.24) is 5.32 Å². The van der Waals surface area contributed by atoms with Gasteiger partial charge in [0.2, 0.25) is 5.91 Å². The lowest BCUT2D eigenvalue weighted by molar-refractivity contribution is -0.127. The number of thiocarbonyl (C=S) groups is 1. The van der Waals surface area contributed by atoms with Crippen molar-refractivity contribution in [1.29, 1.82) is 0 Å². The SMILES string of the molecule is COc1ccccc1NC(=O)[C@@H](/C=C1\SC(=S)NC1=O)C(C)=O. The van der Waals surface area contributed by atoms with Gasteiger partial charge in [0, 0.05) is 0 Å². The van der Waals surface area contributed by atoms with Crippen molar-refractivity contribution in [2.24, 2.45) is 5.92 Å². The van der Waals surface area contributed by atoms with Crippen LogP contribution in [0, 0.1) is 5.92 Å². The molecular weight excluding hydrogens is 336 g/mol. The number of hydrogen-bond donors (Lipinski definition) is 2. The van der Waals surface area contributed by atoms with E-state index in [1.165, 1.54) is 20.1 Å². The summed E-state index contributed by atoms with van der Waals surface area (Å²) >= 11 is 5.91. The number of Topliss-reactive ketones (excluding diaryl/α,β-unsaturated/α-hetero) is 1. The van der Waals surface area contributed by atoms with Gasteiger partial charge in [0.1, 0.15) is 21.8 Å². The smallest absolute Gasteiger partial charge is 0.263 e. The number of anilines is 1. The number of carbonyl (C=O) groups excluding carboxylic acids is 3. The van der Waals surface area contributed by atoms with Crippen LogP contribution in [-0.2, 0) is 14.4 Å². The second-order valence-electron chi connectivity index (χ2n) is 4.65. The van der Waals surface area contributed by atoms with E-state index in [0.717, 1.165) is 11.8 Å². The number of hydrogen-bond acceptors (Lipinski definition) is 6. The van der Waals surface area contributed by atoms with E-state index < -0.39 is 17.7 Å². The van der Waals surface area contributed by atoms with Gasteiger partial charge in [0.05, 0.1) is 17.7 Å². The minimum Gasteiger partial charge on any atom is -0.495 e. The van der Waals surface area contributed by atoms with Crippen LogP contribution in [0.25, 0.3) is 0 Å². The molecule has 1 fully saturated rings. The fourth-order valence-electron chi connectivity index (χ4n) is 1.92. The Morgan fingerprint density at radius 3 is 2.65 bits per heavy atom. The summed E-state index contributed by atoms with van der Waals surface area (Å²) in [6, 6.07) is 6.85. The maximum Gasteiger partial charge on any atom is 0.263 e. The highest BCUT2D eigenvalue weighted by atomic mass is 32.2. The molecule has 2 N–H and O–H groups in total. The van der Waals surface area contributed by atoms with Crippen LogP contribution in [0.2, 0.25) is 0 Å². The van der Waals surface area contributed by atoms with Gasteiger partial charge < -0.3 is 15.4 Å². The molecule has 1 saturated heterocycles. The summed E-state index contributed by atoms with van der Waals surface area (Å²) in [5.41, 5.74) is 0.448. The molecule has 0 aromatic heterocycles. The lowest BCUT2D eigenvalue weighted by atomic mass is 10.0. The molecule has 0 bridgehead atoms. The Morgan fingerprint density at radius 1 is 1.39 bits per heavy atom. The van der Waals surface area contributed by atoms with Gasteiger partial charge in [-0.05, 0) is 25.1 Å². The van der Waals surface area contributed by atoms with Crippen molar-refractivity contribution in [2.45, 2.75) is 6.92 Å². The molecule has 2 rings (SSSR count). The molecule has 0 spiro atoms. The predicted octanol–water partition coefficient (Wildman–Crippen LogP) is 1.87. The zero-order valence-corrected chi connectivity index (χ0v) is 14.0. The van der Waals surface area contributed by atoms with Gasteiger partial charge in [0.15, 0.2) is 0 Å². The number of methoxy groups -OCH3 is 1. The number of rotatable bonds is 5. The number of ether oxygens (including phenoxy) is 1. The first-order chi connectivity index (χ1) is 10.9. The predicted molar refractivity (Wildman–Crippen MR) is 92.2 cm³/mol. The van der Waals surface area contributed by atoms with E-state index in [4.69, 9.17) is 17.0 Å². The highest BCUT2D eigenvalue weighted by molar-refractivity contribution is 8.26. The van der Waals surface area contributed by atoms with Gasteiger partial charge in [0.25, 0.3) is 5.91 Å². The summed E-state index contributed by atoms with van der Waals surface area (Å²) in [6.07, 6.45) is 1.33. The standard InChI is InChI=1S/C15H14N2O4S2/c1-8(18)9(7-12-14(20)17-15(22)23-12)13(19)16-10-5-3-4-6-11(10)21-2/h3-7,9H,1-2H3,(H,16,19)(H,17,20,22)/b12-7-/t9-/m0/s1. The number of carbonyl (C=O) groups is 3. The fourth-order valence-corrected chi connectivity index (χ4v) is 2.98. The molecular formula is C15H14N2O4S2. The molecule has 1 aromatic carbocycles. The van der Waals surface area contributed by atoms with Crippen LogP contribution in [0.15, 0.2) is 35.2 Å². The maximum atomic E-state index is 12.4. The van der Waals surface area contributed by atoms with Gasteiger partial charge in [-0.25, -0.2) is 0 Å². The molecule has 2 amide bonds. The van der Waals surface area contributed by atoms with E-state index in [1.807, 2.05) is 0 Å². The fraction of sp³-hybridized carbons (Fsp3) is 0.200. The second kappa shape index (κ2) is 7.38. The lowest BCUT2D eigenvalue weighted by Crippen LogP contribution is -2.27. The average Bonchev–Trinajstić information content (AvgIpc) is 2.82. The van der Waals surface area contributed by atoms with Gasteiger partial charge in [-0.1, -0.05) is 36.1 Å². The van der Waals surface area contributed by atoms with Crippen molar-refractivity contribution in [2.75, 3.05) is 12.4 Å². The van der Waals surface area contributed by atoms with E-state index in [-0.39, 0.29) is 10.7 Å². The summed E-state index contributed by atoms with van der Waals surface area (Å²) in [5.74, 6) is -1.94. The molecule has 1 atom stereocenters. The molecule has 120 valence electrons. The third kappa shape index (κ3) is 4.17. The molecule has 1 aliphatic heterocycles. The molecule has 0 radical (unpaired) electrons. The number of ketones is 1. The normalized spacial score (nSPS) is 16.9. The summed E-state index contributed by atoms with van der Waals surface area (Å²) in [7, 11) is 1.48. The summed E-state index contributed by atoms with van der Waals surface area (Å²) in [5, 5.41) is 5.08. The van der Waals surface area contributed by atoms with Crippen LogP contribution < -0.4 is 15.4 Å². The van der Waals surface area contributed by atoms with Crippen molar-refractivity contribution >= 4 is 51.6 Å². The van der Waals surface area contributed by atoms with Gasteiger partial charge in [-0.3, -0.25) is 14.4 Å². The van der Waals surface area contributed by atoms with Crippen molar-refractivity contribution in [3.8, 4) is 5.75 Å². The van der Waals surface area contributed by atoms with Crippen molar-refractivity contribution in [3.63, 3.8) is 0 Å². The minimum atomic E-state index is -1.09. The molecule has 1 heterocycles. The van der Waals surface area contributed by atoms with E-state index in [0.29, 0.717) is 15.8 Å². The lowest BCUT2D eigenvalue weighted by Gasteiger charge is -2.13. The Hall–Kier alpha value is -2.19. The molecule has 0 saturated carbocycles. The quantitative estimate of drug-likeness (QED) is 0.479. The Morgan fingerprint density at radius 2 is 2.09 bits per heavy atom. The third-order valence-corrected chi connectivity index (χ3v) is 4.23. The molecule has 6 nitrogen and oxygen atoms in total. The van der Waals surface area contributed by atoms with Crippen LogP contribution in [0.1, 0.15) is 6.92 Å². The van der Waals surface area contributed by atoms with Gasteiger partial charge >= 0.3 is 0 Å². The van der Waals surface area contributed by atoms with Crippen LogP contribution in [0.5, 0.6) is 5.75 Å². The Bertz CT molecular complexity index is 715. The Kier molecular flexibility index (Phi) is 5.51. The molecule has 8 heteroatoms.